The largest absolute Gasteiger partial charge is 0.396 e. The van der Waals surface area contributed by atoms with Crippen LogP contribution in [0.4, 0.5) is 0 Å². The molecule has 2 N–H and O–H groups in total. The minimum atomic E-state index is 0.162. The summed E-state index contributed by atoms with van der Waals surface area (Å²) in [5.41, 5.74) is 0. The topological polar surface area (TPSA) is 49.3 Å². The van der Waals surface area contributed by atoms with Crippen molar-refractivity contribution in [2.24, 2.45) is 0 Å². The van der Waals surface area contributed by atoms with E-state index in [-0.39, 0.29) is 23.8 Å². The van der Waals surface area contributed by atoms with Crippen molar-refractivity contribution < 1.29 is 9.90 Å². The molecule has 1 saturated heterocycles. The van der Waals surface area contributed by atoms with Crippen molar-refractivity contribution in [3.8, 4) is 0 Å². The van der Waals surface area contributed by atoms with Crippen molar-refractivity contribution in [1.29, 1.82) is 0 Å². The molecule has 0 spiro atoms. The van der Waals surface area contributed by atoms with E-state index in [9.17, 15) is 4.79 Å². The van der Waals surface area contributed by atoms with Gasteiger partial charge in [0.15, 0.2) is 0 Å². The van der Waals surface area contributed by atoms with Crippen LogP contribution in [0.15, 0.2) is 0 Å². The molecule has 3 nitrogen and oxygen atoms in total. The molecule has 0 aromatic heterocycles. The fourth-order valence-electron chi connectivity index (χ4n) is 1.75. The Balaban J connectivity index is 2.21. The van der Waals surface area contributed by atoms with Gasteiger partial charge in [0.1, 0.15) is 0 Å². The van der Waals surface area contributed by atoms with Gasteiger partial charge < -0.3 is 10.4 Å². The van der Waals surface area contributed by atoms with Crippen LogP contribution in [0.2, 0.25) is 0 Å². The zero-order valence-electron chi connectivity index (χ0n) is 9.37. The zero-order valence-corrected chi connectivity index (χ0v) is 10.2. The summed E-state index contributed by atoms with van der Waals surface area (Å²) < 4.78 is 0. The Morgan fingerprint density at radius 3 is 3.00 bits per heavy atom. The van der Waals surface area contributed by atoms with E-state index in [0.717, 1.165) is 25.0 Å². The lowest BCUT2D eigenvalue weighted by Crippen LogP contribution is -2.39. The monoisotopic (exact) mass is 231 g/mol. The summed E-state index contributed by atoms with van der Waals surface area (Å²) in [6, 6.07) is 0.187. The maximum absolute atomic E-state index is 11.8. The van der Waals surface area contributed by atoms with E-state index in [2.05, 4.69) is 5.32 Å². The van der Waals surface area contributed by atoms with Gasteiger partial charge in [-0.2, -0.15) is 0 Å². The van der Waals surface area contributed by atoms with Gasteiger partial charge in [0.2, 0.25) is 5.91 Å². The molecule has 0 radical (unpaired) electrons. The Bertz CT molecular complexity index is 193. The first kappa shape index (κ1) is 12.8. The molecule has 1 fully saturated rings. The average molecular weight is 231 g/mol. The lowest BCUT2D eigenvalue weighted by molar-refractivity contribution is -0.121. The van der Waals surface area contributed by atoms with E-state index in [1.165, 1.54) is 12.8 Å². The number of amides is 1. The Labute approximate surface area is 96.0 Å². The fourth-order valence-corrected chi connectivity index (χ4v) is 2.96. The van der Waals surface area contributed by atoms with Gasteiger partial charge in [0, 0.05) is 12.6 Å². The number of carbonyl (C=O) groups is 1. The van der Waals surface area contributed by atoms with Crippen LogP contribution in [-0.2, 0) is 4.79 Å². The van der Waals surface area contributed by atoms with Gasteiger partial charge in [-0.25, -0.2) is 0 Å². The average Bonchev–Trinajstić information content (AvgIpc) is 2.27. The van der Waals surface area contributed by atoms with Crippen LogP contribution in [0.3, 0.4) is 0 Å². The van der Waals surface area contributed by atoms with Crippen LogP contribution in [0, 0.1) is 0 Å². The summed E-state index contributed by atoms with van der Waals surface area (Å²) in [5.74, 6) is 1.30. The fraction of sp³-hybridized carbons (Fsp3) is 0.909. The second kappa shape index (κ2) is 7.12. The minimum Gasteiger partial charge on any atom is -0.396 e. The number of aliphatic hydroxyl groups excluding tert-OH is 1. The number of thioether (sulfide) groups is 1. The molecular formula is C11H21NO2S. The van der Waals surface area contributed by atoms with E-state index in [1.54, 1.807) is 11.8 Å². The maximum Gasteiger partial charge on any atom is 0.233 e. The molecule has 0 bridgehead atoms. The third kappa shape index (κ3) is 4.89. The lowest BCUT2D eigenvalue weighted by atomic mass is 10.1. The van der Waals surface area contributed by atoms with Gasteiger partial charge in [-0.3, -0.25) is 4.79 Å². The Hall–Kier alpha value is -0.220. The second-order valence-corrected chi connectivity index (χ2v) is 5.44. The van der Waals surface area contributed by atoms with Crippen molar-refractivity contribution in [1.82, 2.24) is 5.32 Å². The van der Waals surface area contributed by atoms with Crippen molar-refractivity contribution in [3.63, 3.8) is 0 Å². The van der Waals surface area contributed by atoms with Crippen molar-refractivity contribution in [2.45, 2.75) is 50.3 Å². The summed E-state index contributed by atoms with van der Waals surface area (Å²) in [6.07, 6.45) is 5.06. The first-order chi connectivity index (χ1) is 7.24. The molecule has 0 saturated carbocycles. The molecule has 88 valence electrons. The van der Waals surface area contributed by atoms with E-state index in [4.69, 9.17) is 5.11 Å². The predicted octanol–water partition coefficient (Wildman–Crippen LogP) is 1.55. The highest BCUT2D eigenvalue weighted by molar-refractivity contribution is 8.00. The van der Waals surface area contributed by atoms with Gasteiger partial charge in [0.05, 0.1) is 5.25 Å². The number of hydrogen-bond donors (Lipinski definition) is 2. The molecule has 1 aliphatic rings. The molecule has 15 heavy (non-hydrogen) atoms. The molecule has 4 heteroatoms. The predicted molar refractivity (Wildman–Crippen MR) is 64.0 cm³/mol. The minimum absolute atomic E-state index is 0.162. The van der Waals surface area contributed by atoms with Gasteiger partial charge in [-0.15, -0.1) is 11.8 Å². The summed E-state index contributed by atoms with van der Waals surface area (Å²) in [5, 5.41) is 11.9. The summed E-state index contributed by atoms with van der Waals surface area (Å²) in [4.78, 5) is 11.8. The number of aliphatic hydroxyl groups is 1. The SMILES string of the molecule is CC(CCCO)NC(=O)C1CCCCS1. The third-order valence-corrected chi connectivity index (χ3v) is 4.03. The molecule has 1 aliphatic heterocycles. The molecule has 2 unspecified atom stereocenters. The highest BCUT2D eigenvalue weighted by atomic mass is 32.2. The molecule has 1 amide bonds. The Morgan fingerprint density at radius 2 is 2.40 bits per heavy atom. The second-order valence-electron chi connectivity index (χ2n) is 4.13. The lowest BCUT2D eigenvalue weighted by Gasteiger charge is -2.22. The number of rotatable bonds is 5. The molecule has 0 aromatic carbocycles. The Morgan fingerprint density at radius 1 is 1.60 bits per heavy atom. The highest BCUT2D eigenvalue weighted by Gasteiger charge is 2.22. The first-order valence-corrected chi connectivity index (χ1v) is 6.81. The summed E-state index contributed by atoms with van der Waals surface area (Å²) >= 11 is 1.78. The van der Waals surface area contributed by atoms with Crippen LogP contribution in [0.25, 0.3) is 0 Å². The van der Waals surface area contributed by atoms with Gasteiger partial charge in [-0.05, 0) is 38.4 Å². The normalized spacial score (nSPS) is 23.5. The Kier molecular flexibility index (Phi) is 6.10. The van der Waals surface area contributed by atoms with E-state index in [0.29, 0.717) is 0 Å². The van der Waals surface area contributed by atoms with Crippen LogP contribution < -0.4 is 5.32 Å². The zero-order chi connectivity index (χ0) is 11.1. The van der Waals surface area contributed by atoms with Crippen molar-refractivity contribution in [2.75, 3.05) is 12.4 Å². The summed E-state index contributed by atoms with van der Waals surface area (Å²) in [6.45, 7) is 2.21. The molecule has 0 aromatic rings. The van der Waals surface area contributed by atoms with Crippen LogP contribution in [0.5, 0.6) is 0 Å². The smallest absolute Gasteiger partial charge is 0.233 e. The standard InChI is InChI=1S/C11H21NO2S/c1-9(5-4-7-13)12-11(14)10-6-2-3-8-15-10/h9-10,13H,2-8H2,1H3,(H,12,14). The molecule has 0 aliphatic carbocycles. The molecule has 2 atom stereocenters. The molecular weight excluding hydrogens is 210 g/mol. The third-order valence-electron chi connectivity index (χ3n) is 2.66. The van der Waals surface area contributed by atoms with E-state index >= 15 is 0 Å². The van der Waals surface area contributed by atoms with E-state index in [1.807, 2.05) is 6.92 Å². The van der Waals surface area contributed by atoms with Gasteiger partial charge >= 0.3 is 0 Å². The summed E-state index contributed by atoms with van der Waals surface area (Å²) in [7, 11) is 0. The molecule has 1 heterocycles. The number of hydrogen-bond acceptors (Lipinski definition) is 3. The first-order valence-electron chi connectivity index (χ1n) is 5.77. The van der Waals surface area contributed by atoms with Crippen LogP contribution in [0.1, 0.15) is 39.0 Å². The van der Waals surface area contributed by atoms with E-state index < -0.39 is 0 Å². The van der Waals surface area contributed by atoms with Crippen LogP contribution >= 0.6 is 11.8 Å². The highest BCUT2D eigenvalue weighted by Crippen LogP contribution is 2.25. The maximum atomic E-state index is 11.8. The number of nitrogens with one attached hydrogen (secondary N) is 1. The van der Waals surface area contributed by atoms with Crippen molar-refractivity contribution in [3.05, 3.63) is 0 Å². The molecule has 1 rings (SSSR count). The van der Waals surface area contributed by atoms with Gasteiger partial charge in [-0.1, -0.05) is 6.42 Å². The van der Waals surface area contributed by atoms with Gasteiger partial charge in [0.25, 0.3) is 0 Å². The number of carbonyl (C=O) groups excluding carboxylic acids is 1. The van der Waals surface area contributed by atoms with Crippen LogP contribution in [-0.4, -0.2) is 34.7 Å². The van der Waals surface area contributed by atoms with Crippen molar-refractivity contribution >= 4 is 17.7 Å². The quantitative estimate of drug-likeness (QED) is 0.755.